The number of oxazole rings is 1. The number of carbonyl (C=O) groups is 4. The zero-order valence-electron chi connectivity index (χ0n) is 24.4. The highest BCUT2D eigenvalue weighted by atomic mass is 19.4. The number of aliphatic hydroxyl groups excluding tert-OH is 1. The number of hydrogen-bond acceptors (Lipinski definition) is 9. The standard InChI is InChI=1S/C28H32F3N5O8/c1-13(2)21(26(40)41)33-24(39)19-11-32-25(44-19)16-8-6-7-15(9-16)17-10-18(36(35-17)12-20(37)28(29,30)31)23(38)34-22(14(3)4)27(42)43-5/h6-11,13-14,20-22,37H,12H2,1-5H3,(H,33,39)(H,34,38)(H,40,41). The Kier molecular flexibility index (Phi) is 10.5. The fourth-order valence-corrected chi connectivity index (χ4v) is 4.04. The summed E-state index contributed by atoms with van der Waals surface area (Å²) >= 11 is 0. The summed E-state index contributed by atoms with van der Waals surface area (Å²) in [6, 6.07) is 5.05. The topological polar surface area (TPSA) is 186 Å². The van der Waals surface area contributed by atoms with Crippen molar-refractivity contribution in [1.29, 1.82) is 0 Å². The Bertz CT molecular complexity index is 1510. The molecule has 0 aliphatic carbocycles. The molecule has 2 heterocycles. The van der Waals surface area contributed by atoms with Crippen molar-refractivity contribution in [2.24, 2.45) is 11.8 Å². The maximum atomic E-state index is 13.2. The predicted molar refractivity (Wildman–Crippen MR) is 147 cm³/mol. The maximum absolute atomic E-state index is 13.2. The maximum Gasteiger partial charge on any atom is 0.416 e. The summed E-state index contributed by atoms with van der Waals surface area (Å²) < 4.78 is 50.5. The summed E-state index contributed by atoms with van der Waals surface area (Å²) in [5.74, 6) is -4.83. The summed E-state index contributed by atoms with van der Waals surface area (Å²) in [7, 11) is 1.13. The van der Waals surface area contributed by atoms with Crippen LogP contribution in [0.15, 0.2) is 40.9 Å². The number of methoxy groups -OCH3 is 1. The first-order valence-corrected chi connectivity index (χ1v) is 13.3. The second kappa shape index (κ2) is 13.7. The van der Waals surface area contributed by atoms with Gasteiger partial charge in [-0.05, 0) is 30.0 Å². The van der Waals surface area contributed by atoms with Crippen LogP contribution in [0, 0.1) is 11.8 Å². The van der Waals surface area contributed by atoms with E-state index in [-0.39, 0.29) is 23.0 Å². The zero-order valence-corrected chi connectivity index (χ0v) is 24.4. The van der Waals surface area contributed by atoms with Crippen LogP contribution in [0.4, 0.5) is 13.2 Å². The number of hydrogen-bond donors (Lipinski definition) is 4. The highest BCUT2D eigenvalue weighted by molar-refractivity contribution is 5.96. The summed E-state index contributed by atoms with van der Waals surface area (Å²) in [4.78, 5) is 53.3. The number of esters is 1. The van der Waals surface area contributed by atoms with E-state index in [2.05, 4.69) is 20.7 Å². The van der Waals surface area contributed by atoms with E-state index in [0.717, 1.165) is 13.3 Å². The molecule has 2 amide bonds. The van der Waals surface area contributed by atoms with Crippen molar-refractivity contribution in [1.82, 2.24) is 25.4 Å². The van der Waals surface area contributed by atoms with Crippen molar-refractivity contribution >= 4 is 23.8 Å². The van der Waals surface area contributed by atoms with Gasteiger partial charge in [-0.2, -0.15) is 18.3 Å². The fourth-order valence-electron chi connectivity index (χ4n) is 4.04. The third kappa shape index (κ3) is 8.00. The number of alkyl halides is 3. The quantitative estimate of drug-likeness (QED) is 0.219. The Balaban J connectivity index is 1.96. The van der Waals surface area contributed by atoms with Crippen LogP contribution in [-0.4, -0.2) is 80.2 Å². The van der Waals surface area contributed by atoms with E-state index in [1.807, 2.05) is 0 Å². The number of halogens is 3. The Morgan fingerprint density at radius 3 is 2.18 bits per heavy atom. The van der Waals surface area contributed by atoms with Crippen molar-refractivity contribution in [2.45, 2.75) is 58.6 Å². The molecule has 44 heavy (non-hydrogen) atoms. The number of aliphatic hydroxyl groups is 1. The van der Waals surface area contributed by atoms with Crippen LogP contribution in [0.2, 0.25) is 0 Å². The number of nitrogens with one attached hydrogen (secondary N) is 2. The first-order valence-electron chi connectivity index (χ1n) is 13.3. The van der Waals surface area contributed by atoms with Gasteiger partial charge in [-0.25, -0.2) is 14.6 Å². The van der Waals surface area contributed by atoms with Crippen LogP contribution in [0.3, 0.4) is 0 Å². The molecule has 13 nitrogen and oxygen atoms in total. The van der Waals surface area contributed by atoms with Gasteiger partial charge in [0.25, 0.3) is 11.8 Å². The minimum Gasteiger partial charge on any atom is -0.480 e. The lowest BCUT2D eigenvalue weighted by atomic mass is 10.0. The molecule has 0 fully saturated rings. The largest absolute Gasteiger partial charge is 0.480 e. The van der Waals surface area contributed by atoms with Gasteiger partial charge in [-0.15, -0.1) is 0 Å². The van der Waals surface area contributed by atoms with Crippen LogP contribution in [-0.2, 0) is 20.9 Å². The average Bonchev–Trinajstić information content (AvgIpc) is 3.61. The molecule has 238 valence electrons. The molecule has 2 aromatic heterocycles. The number of nitrogens with zero attached hydrogens (tertiary/aromatic N) is 3. The van der Waals surface area contributed by atoms with E-state index in [0.29, 0.717) is 15.8 Å². The second-order valence-electron chi connectivity index (χ2n) is 10.5. The number of amides is 2. The smallest absolute Gasteiger partial charge is 0.416 e. The molecular formula is C28H32F3N5O8. The molecule has 0 aliphatic heterocycles. The Morgan fingerprint density at radius 1 is 1.00 bits per heavy atom. The number of benzene rings is 1. The molecule has 0 radical (unpaired) electrons. The summed E-state index contributed by atoms with van der Waals surface area (Å²) in [5, 5.41) is 27.9. The molecule has 0 bridgehead atoms. The second-order valence-corrected chi connectivity index (χ2v) is 10.5. The van der Waals surface area contributed by atoms with Crippen molar-refractivity contribution in [3.05, 3.63) is 48.0 Å². The number of carboxylic acids is 1. The van der Waals surface area contributed by atoms with Gasteiger partial charge in [0.15, 0.2) is 6.10 Å². The molecule has 3 rings (SSSR count). The van der Waals surface area contributed by atoms with Gasteiger partial charge in [-0.1, -0.05) is 39.8 Å². The minimum atomic E-state index is -5.00. The van der Waals surface area contributed by atoms with E-state index in [9.17, 15) is 42.6 Å². The molecule has 16 heteroatoms. The lowest BCUT2D eigenvalue weighted by molar-refractivity contribution is -0.208. The Hall–Kier alpha value is -4.73. The van der Waals surface area contributed by atoms with Crippen molar-refractivity contribution in [3.8, 4) is 22.7 Å². The van der Waals surface area contributed by atoms with Gasteiger partial charge >= 0.3 is 18.1 Å². The SMILES string of the molecule is COC(=O)C(NC(=O)c1cc(-c2cccc(-c3ncc(C(=O)NC(C(=O)O)C(C)C)o3)c2)nn1CC(O)C(F)(F)F)C(C)C. The third-order valence-electron chi connectivity index (χ3n) is 6.50. The van der Waals surface area contributed by atoms with E-state index in [1.54, 1.807) is 45.9 Å². The number of aromatic nitrogens is 3. The van der Waals surface area contributed by atoms with Crippen molar-refractivity contribution < 1.29 is 51.7 Å². The highest BCUT2D eigenvalue weighted by Gasteiger charge is 2.39. The van der Waals surface area contributed by atoms with Gasteiger partial charge in [-0.3, -0.25) is 14.3 Å². The van der Waals surface area contributed by atoms with Gasteiger partial charge in [0, 0.05) is 11.1 Å². The summed E-state index contributed by atoms with van der Waals surface area (Å²) in [5.41, 5.74) is 0.300. The normalized spacial score (nSPS) is 13.8. The Morgan fingerprint density at radius 2 is 1.61 bits per heavy atom. The molecule has 4 N–H and O–H groups in total. The van der Waals surface area contributed by atoms with Gasteiger partial charge in [0.2, 0.25) is 11.7 Å². The van der Waals surface area contributed by atoms with E-state index >= 15 is 0 Å². The third-order valence-corrected chi connectivity index (χ3v) is 6.50. The molecular weight excluding hydrogens is 591 g/mol. The Labute approximate surface area is 249 Å². The van der Waals surface area contributed by atoms with Gasteiger partial charge < -0.3 is 30.0 Å². The predicted octanol–water partition coefficient (Wildman–Crippen LogP) is 2.89. The number of aliphatic carboxylic acids is 1. The summed E-state index contributed by atoms with van der Waals surface area (Å²) in [6.07, 6.45) is -6.73. The molecule has 3 atom stereocenters. The fraction of sp³-hybridized carbons (Fsp3) is 0.429. The molecule has 3 aromatic rings. The molecule has 0 aliphatic rings. The summed E-state index contributed by atoms with van der Waals surface area (Å²) in [6.45, 7) is 5.41. The molecule has 0 saturated carbocycles. The van der Waals surface area contributed by atoms with E-state index < -0.39 is 66.5 Å². The number of ether oxygens (including phenoxy) is 1. The van der Waals surface area contributed by atoms with E-state index in [1.165, 1.54) is 12.1 Å². The van der Waals surface area contributed by atoms with Crippen LogP contribution in [0.25, 0.3) is 22.7 Å². The van der Waals surface area contributed by atoms with Crippen LogP contribution in [0.1, 0.15) is 48.7 Å². The molecule has 3 unspecified atom stereocenters. The van der Waals surface area contributed by atoms with Crippen molar-refractivity contribution in [2.75, 3.05) is 7.11 Å². The van der Waals surface area contributed by atoms with Crippen LogP contribution in [0.5, 0.6) is 0 Å². The molecule has 0 spiro atoms. The first-order chi connectivity index (χ1) is 20.5. The van der Waals surface area contributed by atoms with Crippen molar-refractivity contribution in [3.63, 3.8) is 0 Å². The molecule has 0 saturated heterocycles. The van der Waals surface area contributed by atoms with Crippen LogP contribution < -0.4 is 10.6 Å². The number of carboxylic acid groups (broad SMARTS) is 1. The lowest BCUT2D eigenvalue weighted by Crippen LogP contribution is -2.46. The minimum absolute atomic E-state index is 0.0313. The monoisotopic (exact) mass is 623 g/mol. The first kappa shape index (κ1) is 33.8. The number of carbonyl (C=O) groups excluding carboxylic acids is 3. The lowest BCUT2D eigenvalue weighted by Gasteiger charge is -2.20. The zero-order chi connectivity index (χ0) is 32.9. The average molecular weight is 624 g/mol. The van der Waals surface area contributed by atoms with Crippen LogP contribution >= 0.6 is 0 Å². The number of rotatable bonds is 12. The highest BCUT2D eigenvalue weighted by Crippen LogP contribution is 2.28. The van der Waals surface area contributed by atoms with Gasteiger partial charge in [0.05, 0.1) is 25.5 Å². The van der Waals surface area contributed by atoms with E-state index in [4.69, 9.17) is 9.15 Å². The molecule has 1 aromatic carbocycles. The van der Waals surface area contributed by atoms with Gasteiger partial charge in [0.1, 0.15) is 17.8 Å².